The van der Waals surface area contributed by atoms with Crippen LogP contribution in [0.1, 0.15) is 49.6 Å². The fourth-order valence-corrected chi connectivity index (χ4v) is 1.89. The summed E-state index contributed by atoms with van der Waals surface area (Å²) in [5.74, 6) is -0.390. The van der Waals surface area contributed by atoms with Crippen molar-refractivity contribution in [2.45, 2.75) is 44.8 Å². The standard InChI is InChI=1S/C13H19N3O4/c1-3-13(2,18)8-14-12(17)11-6-10(16(19)20)7-15(11)9-4-5-9/h6-7,9,18H,3-5,8H2,1-2H3,(H,14,17). The Labute approximate surface area is 116 Å². The van der Waals surface area contributed by atoms with Gasteiger partial charge in [0.1, 0.15) is 5.69 Å². The summed E-state index contributed by atoms with van der Waals surface area (Å²) in [7, 11) is 0. The normalized spacial score (nSPS) is 17.6. The maximum atomic E-state index is 12.1. The van der Waals surface area contributed by atoms with E-state index >= 15 is 0 Å². The predicted molar refractivity (Wildman–Crippen MR) is 72.6 cm³/mol. The molecule has 0 aromatic carbocycles. The topological polar surface area (TPSA) is 97.4 Å². The van der Waals surface area contributed by atoms with E-state index in [1.165, 1.54) is 12.3 Å². The summed E-state index contributed by atoms with van der Waals surface area (Å²) < 4.78 is 1.66. The van der Waals surface area contributed by atoms with Gasteiger partial charge in [0.05, 0.1) is 16.7 Å². The highest BCUT2D eigenvalue weighted by Gasteiger charge is 2.31. The number of hydrogen-bond acceptors (Lipinski definition) is 4. The van der Waals surface area contributed by atoms with Gasteiger partial charge in [0, 0.05) is 18.7 Å². The number of carbonyl (C=O) groups is 1. The Morgan fingerprint density at radius 3 is 2.80 bits per heavy atom. The van der Waals surface area contributed by atoms with Crippen LogP contribution in [0.2, 0.25) is 0 Å². The second-order valence-corrected chi connectivity index (χ2v) is 5.51. The van der Waals surface area contributed by atoms with Gasteiger partial charge in [-0.15, -0.1) is 0 Å². The third-order valence-corrected chi connectivity index (χ3v) is 3.61. The van der Waals surface area contributed by atoms with Gasteiger partial charge >= 0.3 is 0 Å². The second kappa shape index (κ2) is 5.24. The van der Waals surface area contributed by atoms with Crippen molar-refractivity contribution in [2.75, 3.05) is 6.54 Å². The van der Waals surface area contributed by atoms with Crippen molar-refractivity contribution >= 4 is 11.6 Å². The fraction of sp³-hybridized carbons (Fsp3) is 0.615. The van der Waals surface area contributed by atoms with Gasteiger partial charge in [-0.3, -0.25) is 14.9 Å². The highest BCUT2D eigenvalue weighted by atomic mass is 16.6. The summed E-state index contributed by atoms with van der Waals surface area (Å²) >= 11 is 0. The van der Waals surface area contributed by atoms with Gasteiger partial charge in [-0.05, 0) is 26.2 Å². The lowest BCUT2D eigenvalue weighted by Crippen LogP contribution is -2.40. The van der Waals surface area contributed by atoms with Crippen molar-refractivity contribution in [3.63, 3.8) is 0 Å². The summed E-state index contributed by atoms with van der Waals surface area (Å²) in [6.07, 6.45) is 3.78. The van der Waals surface area contributed by atoms with Crippen LogP contribution in [0.3, 0.4) is 0 Å². The predicted octanol–water partition coefficient (Wildman–Crippen LogP) is 1.62. The molecular weight excluding hydrogens is 262 g/mol. The van der Waals surface area contributed by atoms with Gasteiger partial charge in [-0.2, -0.15) is 0 Å². The highest BCUT2D eigenvalue weighted by molar-refractivity contribution is 5.93. The largest absolute Gasteiger partial charge is 0.388 e. The Kier molecular flexibility index (Phi) is 3.80. The molecule has 2 N–H and O–H groups in total. The molecule has 2 rings (SSSR count). The molecule has 7 nitrogen and oxygen atoms in total. The fourth-order valence-electron chi connectivity index (χ4n) is 1.89. The molecule has 1 fully saturated rings. The van der Waals surface area contributed by atoms with Gasteiger partial charge in [-0.25, -0.2) is 0 Å². The van der Waals surface area contributed by atoms with Gasteiger partial charge in [-0.1, -0.05) is 6.92 Å². The molecule has 7 heteroatoms. The monoisotopic (exact) mass is 281 g/mol. The molecule has 1 heterocycles. The van der Waals surface area contributed by atoms with Crippen LogP contribution in [0.5, 0.6) is 0 Å². The lowest BCUT2D eigenvalue weighted by Gasteiger charge is -2.21. The first-order valence-corrected chi connectivity index (χ1v) is 6.71. The van der Waals surface area contributed by atoms with Gasteiger partial charge in [0.25, 0.3) is 11.6 Å². The molecule has 0 spiro atoms. The van der Waals surface area contributed by atoms with Gasteiger partial charge < -0.3 is 15.0 Å². The maximum absolute atomic E-state index is 12.1. The first-order valence-electron chi connectivity index (χ1n) is 6.71. The zero-order chi connectivity index (χ0) is 14.9. The molecule has 0 radical (unpaired) electrons. The summed E-state index contributed by atoms with van der Waals surface area (Å²) in [5.41, 5.74) is -0.770. The summed E-state index contributed by atoms with van der Waals surface area (Å²) in [5, 5.41) is 23.3. The van der Waals surface area contributed by atoms with E-state index in [4.69, 9.17) is 0 Å². The van der Waals surface area contributed by atoms with Crippen LogP contribution in [-0.4, -0.2) is 32.6 Å². The quantitative estimate of drug-likeness (QED) is 0.611. The molecule has 0 bridgehead atoms. The molecule has 0 aliphatic heterocycles. The van der Waals surface area contributed by atoms with Crippen LogP contribution >= 0.6 is 0 Å². The summed E-state index contributed by atoms with van der Waals surface area (Å²) in [4.78, 5) is 22.4. The SMILES string of the molecule is CCC(C)(O)CNC(=O)c1cc([N+](=O)[O-])cn1C1CC1. The van der Waals surface area contributed by atoms with E-state index in [0.717, 1.165) is 12.8 Å². The van der Waals surface area contributed by atoms with Gasteiger partial charge in [0.15, 0.2) is 0 Å². The molecule has 1 unspecified atom stereocenters. The molecule has 1 atom stereocenters. The average molecular weight is 281 g/mol. The molecule has 20 heavy (non-hydrogen) atoms. The van der Waals surface area contributed by atoms with E-state index in [2.05, 4.69) is 5.32 Å². The van der Waals surface area contributed by atoms with Crippen molar-refractivity contribution in [2.24, 2.45) is 0 Å². The van der Waals surface area contributed by atoms with Crippen molar-refractivity contribution in [1.29, 1.82) is 0 Å². The molecular formula is C13H19N3O4. The number of nitrogens with one attached hydrogen (secondary N) is 1. The Balaban J connectivity index is 2.14. The minimum absolute atomic E-state index is 0.0794. The lowest BCUT2D eigenvalue weighted by atomic mass is 10.0. The lowest BCUT2D eigenvalue weighted by molar-refractivity contribution is -0.384. The van der Waals surface area contributed by atoms with Crippen LogP contribution in [0, 0.1) is 10.1 Å². The Morgan fingerprint density at radius 2 is 2.30 bits per heavy atom. The third-order valence-electron chi connectivity index (χ3n) is 3.61. The molecule has 1 amide bonds. The number of aromatic nitrogens is 1. The minimum atomic E-state index is -0.974. The van der Waals surface area contributed by atoms with Crippen LogP contribution in [0.25, 0.3) is 0 Å². The van der Waals surface area contributed by atoms with Crippen molar-refractivity contribution in [1.82, 2.24) is 9.88 Å². The van der Waals surface area contributed by atoms with Gasteiger partial charge in [0.2, 0.25) is 0 Å². The second-order valence-electron chi connectivity index (χ2n) is 5.51. The van der Waals surface area contributed by atoms with Crippen LogP contribution in [-0.2, 0) is 0 Å². The van der Waals surface area contributed by atoms with E-state index < -0.39 is 16.4 Å². The van der Waals surface area contributed by atoms with E-state index in [9.17, 15) is 20.0 Å². The molecule has 1 saturated carbocycles. The Bertz CT molecular complexity index is 532. The van der Waals surface area contributed by atoms with E-state index in [0.29, 0.717) is 6.42 Å². The molecule has 1 aromatic rings. The van der Waals surface area contributed by atoms with Crippen LogP contribution in [0.15, 0.2) is 12.3 Å². The molecule has 1 aromatic heterocycles. The van der Waals surface area contributed by atoms with Crippen LogP contribution < -0.4 is 5.32 Å². The van der Waals surface area contributed by atoms with E-state index in [1.807, 2.05) is 6.92 Å². The zero-order valence-corrected chi connectivity index (χ0v) is 11.6. The number of nitrogens with zero attached hydrogens (tertiary/aromatic N) is 2. The number of aliphatic hydroxyl groups is 1. The van der Waals surface area contributed by atoms with Crippen molar-refractivity contribution in [3.8, 4) is 0 Å². The first-order chi connectivity index (χ1) is 9.34. The van der Waals surface area contributed by atoms with Crippen LogP contribution in [0.4, 0.5) is 5.69 Å². The number of nitro groups is 1. The Hall–Kier alpha value is -1.89. The highest BCUT2D eigenvalue weighted by Crippen LogP contribution is 2.37. The first kappa shape index (κ1) is 14.5. The third kappa shape index (κ3) is 3.16. The van der Waals surface area contributed by atoms with E-state index in [1.54, 1.807) is 11.5 Å². The number of carbonyl (C=O) groups excluding carboxylic acids is 1. The maximum Gasteiger partial charge on any atom is 0.287 e. The number of amides is 1. The molecule has 110 valence electrons. The average Bonchev–Trinajstić information content (AvgIpc) is 3.14. The van der Waals surface area contributed by atoms with Crippen molar-refractivity contribution < 1.29 is 14.8 Å². The summed E-state index contributed by atoms with van der Waals surface area (Å²) in [6, 6.07) is 1.46. The van der Waals surface area contributed by atoms with E-state index in [-0.39, 0.29) is 24.0 Å². The minimum Gasteiger partial charge on any atom is -0.388 e. The van der Waals surface area contributed by atoms with Crippen molar-refractivity contribution in [3.05, 3.63) is 28.1 Å². The molecule has 0 saturated heterocycles. The number of rotatable bonds is 6. The summed E-state index contributed by atoms with van der Waals surface area (Å²) in [6.45, 7) is 3.57. The molecule has 1 aliphatic carbocycles. The smallest absolute Gasteiger partial charge is 0.287 e. The molecule has 1 aliphatic rings. The number of hydrogen-bond donors (Lipinski definition) is 2. The zero-order valence-electron chi connectivity index (χ0n) is 11.6. The Morgan fingerprint density at radius 1 is 1.65 bits per heavy atom.